The second-order valence-electron chi connectivity index (χ2n) is 6.79. The van der Waals surface area contributed by atoms with Crippen molar-refractivity contribution in [3.63, 3.8) is 0 Å². The van der Waals surface area contributed by atoms with E-state index in [0.29, 0.717) is 12.8 Å². The fourth-order valence-corrected chi connectivity index (χ4v) is 3.53. The average Bonchev–Trinajstić information content (AvgIpc) is 2.76. The Morgan fingerprint density at radius 1 is 1.00 bits per heavy atom. The Kier molecular flexibility index (Phi) is 6.68. The Balaban J connectivity index is 1.71. The van der Waals surface area contributed by atoms with E-state index >= 15 is 0 Å². The van der Waals surface area contributed by atoms with Gasteiger partial charge in [-0.3, -0.25) is 9.59 Å². The van der Waals surface area contributed by atoms with Gasteiger partial charge in [-0.1, -0.05) is 25.7 Å². The highest BCUT2D eigenvalue weighted by atomic mass is 16.5. The van der Waals surface area contributed by atoms with Gasteiger partial charge in [0.25, 0.3) is 0 Å². The first-order chi connectivity index (χ1) is 10.6. The molecule has 2 aliphatic rings. The molecule has 0 aliphatic heterocycles. The van der Waals surface area contributed by atoms with Crippen molar-refractivity contribution in [2.45, 2.75) is 89.4 Å². The third-order valence-electron chi connectivity index (χ3n) is 4.99. The average molecular weight is 311 g/mol. The highest BCUT2D eigenvalue weighted by Gasteiger charge is 2.28. The van der Waals surface area contributed by atoms with E-state index < -0.39 is 12.1 Å². The third kappa shape index (κ3) is 5.27. The molecule has 2 N–H and O–H groups in total. The number of carboxylic acids is 1. The predicted octanol–water partition coefficient (Wildman–Crippen LogP) is 2.87. The van der Waals surface area contributed by atoms with Gasteiger partial charge in [-0.05, 0) is 45.4 Å². The molecule has 0 aromatic rings. The van der Waals surface area contributed by atoms with E-state index in [2.05, 4.69) is 5.32 Å². The molecule has 2 rings (SSSR count). The quantitative estimate of drug-likeness (QED) is 0.766. The number of carboxylic acid groups (broad SMARTS) is 1. The van der Waals surface area contributed by atoms with Gasteiger partial charge in [0, 0.05) is 6.04 Å². The molecule has 2 saturated carbocycles. The molecule has 22 heavy (non-hydrogen) atoms. The first kappa shape index (κ1) is 17.3. The number of rotatable bonds is 5. The lowest BCUT2D eigenvalue weighted by atomic mass is 9.86. The molecule has 5 heteroatoms. The van der Waals surface area contributed by atoms with Crippen LogP contribution in [-0.2, 0) is 14.3 Å². The Morgan fingerprint density at radius 2 is 1.59 bits per heavy atom. The summed E-state index contributed by atoms with van der Waals surface area (Å²) in [6, 6.07) is 0.100. The Hall–Kier alpha value is -1.10. The van der Waals surface area contributed by atoms with Crippen LogP contribution in [0.5, 0.6) is 0 Å². The van der Waals surface area contributed by atoms with Gasteiger partial charge in [0.15, 0.2) is 0 Å². The van der Waals surface area contributed by atoms with Gasteiger partial charge < -0.3 is 15.2 Å². The first-order valence-corrected chi connectivity index (χ1v) is 8.75. The van der Waals surface area contributed by atoms with Gasteiger partial charge in [-0.2, -0.15) is 0 Å². The molecule has 1 unspecified atom stereocenters. The summed E-state index contributed by atoms with van der Waals surface area (Å²) in [5.74, 6) is -1.01. The van der Waals surface area contributed by atoms with Gasteiger partial charge in [0.05, 0.1) is 12.0 Å². The molecule has 2 aliphatic carbocycles. The van der Waals surface area contributed by atoms with Crippen molar-refractivity contribution in [1.82, 2.24) is 5.32 Å². The van der Waals surface area contributed by atoms with E-state index in [1.54, 1.807) is 0 Å². The summed E-state index contributed by atoms with van der Waals surface area (Å²) < 4.78 is 5.93. The molecular weight excluding hydrogens is 282 g/mol. The van der Waals surface area contributed by atoms with Crippen molar-refractivity contribution in [2.24, 2.45) is 5.92 Å². The van der Waals surface area contributed by atoms with Gasteiger partial charge in [-0.25, -0.2) is 0 Å². The maximum absolute atomic E-state index is 12.2. The van der Waals surface area contributed by atoms with Crippen LogP contribution < -0.4 is 5.32 Å². The topological polar surface area (TPSA) is 75.6 Å². The largest absolute Gasteiger partial charge is 0.481 e. The van der Waals surface area contributed by atoms with Crippen LogP contribution in [0.3, 0.4) is 0 Å². The Morgan fingerprint density at radius 3 is 2.14 bits per heavy atom. The standard InChI is InChI=1S/C17H29NO4/c1-12(22-15-6-4-2-3-5-7-15)16(19)18-14-10-8-13(9-11-14)17(20)21/h12-15H,2-11H2,1H3,(H,18,19)(H,20,21). The fourth-order valence-electron chi connectivity index (χ4n) is 3.53. The molecule has 0 heterocycles. The maximum atomic E-state index is 12.2. The molecule has 0 aromatic heterocycles. The minimum absolute atomic E-state index is 0.0528. The molecular formula is C17H29NO4. The van der Waals surface area contributed by atoms with Crippen LogP contribution in [0.4, 0.5) is 0 Å². The number of nitrogens with one attached hydrogen (secondary N) is 1. The van der Waals surface area contributed by atoms with Crippen LogP contribution in [0.15, 0.2) is 0 Å². The zero-order valence-corrected chi connectivity index (χ0v) is 13.6. The molecule has 0 spiro atoms. The number of carbonyl (C=O) groups excluding carboxylic acids is 1. The number of carbonyl (C=O) groups is 2. The van der Waals surface area contributed by atoms with Crippen LogP contribution in [0.1, 0.15) is 71.1 Å². The predicted molar refractivity (Wildman–Crippen MR) is 83.6 cm³/mol. The lowest BCUT2D eigenvalue weighted by Crippen LogP contribution is -2.44. The third-order valence-corrected chi connectivity index (χ3v) is 4.99. The lowest BCUT2D eigenvalue weighted by molar-refractivity contribution is -0.143. The molecule has 5 nitrogen and oxygen atoms in total. The molecule has 0 bridgehead atoms. The van der Waals surface area contributed by atoms with Crippen molar-refractivity contribution in [3.8, 4) is 0 Å². The van der Waals surface area contributed by atoms with Crippen LogP contribution in [0.25, 0.3) is 0 Å². The van der Waals surface area contributed by atoms with E-state index in [1.807, 2.05) is 6.92 Å². The van der Waals surface area contributed by atoms with Crippen molar-refractivity contribution < 1.29 is 19.4 Å². The first-order valence-electron chi connectivity index (χ1n) is 8.75. The second-order valence-corrected chi connectivity index (χ2v) is 6.79. The normalized spacial score (nSPS) is 28.6. The van der Waals surface area contributed by atoms with E-state index in [4.69, 9.17) is 9.84 Å². The summed E-state index contributed by atoms with van der Waals surface area (Å²) >= 11 is 0. The highest BCUT2D eigenvalue weighted by molar-refractivity contribution is 5.80. The van der Waals surface area contributed by atoms with Crippen LogP contribution in [0.2, 0.25) is 0 Å². The Labute approximate surface area is 132 Å². The second kappa shape index (κ2) is 8.51. The molecule has 1 amide bonds. The summed E-state index contributed by atoms with van der Waals surface area (Å²) in [6.45, 7) is 1.82. The lowest BCUT2D eigenvalue weighted by Gasteiger charge is -2.28. The Bertz CT molecular complexity index is 369. The van der Waals surface area contributed by atoms with E-state index in [9.17, 15) is 9.59 Å². The SMILES string of the molecule is CC(OC1CCCCCC1)C(=O)NC1CCC(C(=O)O)CC1. The van der Waals surface area contributed by atoms with E-state index in [1.165, 1.54) is 25.7 Å². The van der Waals surface area contributed by atoms with Gasteiger partial charge in [0.1, 0.15) is 6.10 Å². The number of aliphatic carboxylic acids is 1. The number of amides is 1. The highest BCUT2D eigenvalue weighted by Crippen LogP contribution is 2.25. The maximum Gasteiger partial charge on any atom is 0.306 e. The van der Waals surface area contributed by atoms with Crippen molar-refractivity contribution >= 4 is 11.9 Å². The molecule has 0 radical (unpaired) electrons. The molecule has 2 fully saturated rings. The number of hydrogen-bond acceptors (Lipinski definition) is 3. The van der Waals surface area contributed by atoms with Crippen LogP contribution in [-0.4, -0.2) is 35.2 Å². The minimum atomic E-state index is -0.713. The summed E-state index contributed by atoms with van der Waals surface area (Å²) in [5.41, 5.74) is 0. The molecule has 0 saturated heterocycles. The summed E-state index contributed by atoms with van der Waals surface area (Å²) in [5, 5.41) is 12.0. The summed E-state index contributed by atoms with van der Waals surface area (Å²) in [6.07, 6.45) is 9.64. The van der Waals surface area contributed by atoms with E-state index in [0.717, 1.165) is 25.7 Å². The zero-order valence-electron chi connectivity index (χ0n) is 13.6. The van der Waals surface area contributed by atoms with Crippen molar-refractivity contribution in [2.75, 3.05) is 0 Å². The molecule has 1 atom stereocenters. The molecule has 0 aromatic carbocycles. The number of ether oxygens (including phenoxy) is 1. The van der Waals surface area contributed by atoms with Crippen LogP contribution >= 0.6 is 0 Å². The summed E-state index contributed by atoms with van der Waals surface area (Å²) in [7, 11) is 0. The zero-order chi connectivity index (χ0) is 15.9. The van der Waals surface area contributed by atoms with Gasteiger partial charge in [-0.15, -0.1) is 0 Å². The van der Waals surface area contributed by atoms with Gasteiger partial charge in [0.2, 0.25) is 5.91 Å². The van der Waals surface area contributed by atoms with Crippen LogP contribution in [0, 0.1) is 5.92 Å². The minimum Gasteiger partial charge on any atom is -0.481 e. The molecule has 126 valence electrons. The monoisotopic (exact) mass is 311 g/mol. The summed E-state index contributed by atoms with van der Waals surface area (Å²) in [4.78, 5) is 23.2. The number of hydrogen-bond donors (Lipinski definition) is 2. The van der Waals surface area contributed by atoms with Gasteiger partial charge >= 0.3 is 5.97 Å². The van der Waals surface area contributed by atoms with Crippen molar-refractivity contribution in [3.05, 3.63) is 0 Å². The van der Waals surface area contributed by atoms with Crippen molar-refractivity contribution in [1.29, 1.82) is 0 Å². The fraction of sp³-hybridized carbons (Fsp3) is 0.882. The smallest absolute Gasteiger partial charge is 0.306 e. The van der Waals surface area contributed by atoms with E-state index in [-0.39, 0.29) is 24.0 Å².